The predicted octanol–water partition coefficient (Wildman–Crippen LogP) is 3.52. The molecular formula is C16H12N2O4. The Labute approximate surface area is 126 Å². The Balaban J connectivity index is 2.52. The van der Waals surface area contributed by atoms with Gasteiger partial charge in [-0.25, -0.2) is 0 Å². The Bertz CT molecular complexity index is 764. The van der Waals surface area contributed by atoms with Gasteiger partial charge in [0.1, 0.15) is 11.1 Å². The minimum Gasteiger partial charge on any atom is -0.258 e. The van der Waals surface area contributed by atoms with Crippen LogP contribution in [0.2, 0.25) is 0 Å². The molecule has 2 rings (SSSR count). The van der Waals surface area contributed by atoms with Crippen LogP contribution in [-0.2, 0) is 0 Å². The third kappa shape index (κ3) is 3.27. The standard InChI is InChI=1S/C16H12N2O4/c1-11-3-5-13(15(9-11)17(19)20)7-8-14-6-4-12(2)10-16(14)18(21)22/h3-6,9-10H,1-2H3. The molecule has 0 atom stereocenters. The molecule has 0 bridgehead atoms. The minimum atomic E-state index is -0.513. The number of nitro groups is 2. The lowest BCUT2D eigenvalue weighted by Gasteiger charge is -1.98. The smallest absolute Gasteiger partial charge is 0.258 e. The molecular weight excluding hydrogens is 284 g/mol. The molecule has 0 N–H and O–H groups in total. The third-order valence-corrected chi connectivity index (χ3v) is 3.03. The van der Waals surface area contributed by atoms with E-state index >= 15 is 0 Å². The van der Waals surface area contributed by atoms with E-state index < -0.39 is 9.85 Å². The lowest BCUT2D eigenvalue weighted by atomic mass is 10.1. The normalized spacial score (nSPS) is 9.73. The summed E-state index contributed by atoms with van der Waals surface area (Å²) in [4.78, 5) is 21.0. The van der Waals surface area contributed by atoms with Crippen LogP contribution in [0.15, 0.2) is 36.4 Å². The Morgan fingerprint density at radius 1 is 0.773 bits per heavy atom. The Kier molecular flexibility index (Phi) is 4.18. The van der Waals surface area contributed by atoms with Gasteiger partial charge >= 0.3 is 0 Å². The van der Waals surface area contributed by atoms with Crippen LogP contribution in [-0.4, -0.2) is 9.85 Å². The lowest BCUT2D eigenvalue weighted by molar-refractivity contribution is -0.385. The van der Waals surface area contributed by atoms with Crippen LogP contribution in [0.1, 0.15) is 22.3 Å². The van der Waals surface area contributed by atoms with Crippen LogP contribution < -0.4 is 0 Å². The summed E-state index contributed by atoms with van der Waals surface area (Å²) in [5, 5.41) is 22.1. The molecule has 0 saturated carbocycles. The van der Waals surface area contributed by atoms with Gasteiger partial charge < -0.3 is 0 Å². The van der Waals surface area contributed by atoms with Crippen LogP contribution in [0.5, 0.6) is 0 Å². The molecule has 6 heteroatoms. The summed E-state index contributed by atoms with van der Waals surface area (Å²) in [6.45, 7) is 3.49. The SMILES string of the molecule is Cc1ccc(C#Cc2ccc(C)cc2[N+](=O)[O-])c([N+](=O)[O-])c1. The van der Waals surface area contributed by atoms with E-state index in [1.807, 2.05) is 0 Å². The maximum atomic E-state index is 11.0. The van der Waals surface area contributed by atoms with Gasteiger partial charge in [-0.1, -0.05) is 24.0 Å². The molecule has 2 aromatic carbocycles. The molecule has 0 spiro atoms. The van der Waals surface area contributed by atoms with Crippen molar-refractivity contribution in [2.24, 2.45) is 0 Å². The first-order chi connectivity index (χ1) is 10.4. The molecule has 0 aromatic heterocycles. The quantitative estimate of drug-likeness (QED) is 0.482. The highest BCUT2D eigenvalue weighted by atomic mass is 16.6. The number of hydrogen-bond acceptors (Lipinski definition) is 4. The molecule has 0 aliphatic heterocycles. The summed E-state index contributed by atoms with van der Waals surface area (Å²) in [6.07, 6.45) is 0. The fraction of sp³-hybridized carbons (Fsp3) is 0.125. The van der Waals surface area contributed by atoms with Crippen LogP contribution in [0.4, 0.5) is 11.4 Å². The van der Waals surface area contributed by atoms with E-state index in [-0.39, 0.29) is 22.5 Å². The van der Waals surface area contributed by atoms with E-state index in [0.29, 0.717) is 0 Å². The number of nitro benzene ring substituents is 2. The Morgan fingerprint density at radius 2 is 1.14 bits per heavy atom. The van der Waals surface area contributed by atoms with Gasteiger partial charge in [0.15, 0.2) is 0 Å². The van der Waals surface area contributed by atoms with Gasteiger partial charge in [-0.3, -0.25) is 20.2 Å². The molecule has 0 fully saturated rings. The van der Waals surface area contributed by atoms with Gasteiger partial charge in [-0.15, -0.1) is 0 Å². The highest BCUT2D eigenvalue weighted by Gasteiger charge is 2.14. The first-order valence-corrected chi connectivity index (χ1v) is 6.40. The van der Waals surface area contributed by atoms with Gasteiger partial charge in [0, 0.05) is 12.1 Å². The number of nitrogens with zero attached hydrogens (tertiary/aromatic N) is 2. The zero-order valence-corrected chi connectivity index (χ0v) is 12.0. The number of rotatable bonds is 2. The summed E-state index contributed by atoms with van der Waals surface area (Å²) in [6, 6.07) is 9.35. The molecule has 0 heterocycles. The van der Waals surface area contributed by atoms with Crippen molar-refractivity contribution in [3.63, 3.8) is 0 Å². The number of hydrogen-bond donors (Lipinski definition) is 0. The second-order valence-corrected chi connectivity index (χ2v) is 4.81. The maximum Gasteiger partial charge on any atom is 0.285 e. The van der Waals surface area contributed by atoms with E-state index in [1.54, 1.807) is 38.1 Å². The van der Waals surface area contributed by atoms with Gasteiger partial charge in [0.25, 0.3) is 11.4 Å². The van der Waals surface area contributed by atoms with Crippen molar-refractivity contribution in [1.29, 1.82) is 0 Å². The number of benzene rings is 2. The topological polar surface area (TPSA) is 86.3 Å². The lowest BCUT2D eigenvalue weighted by Crippen LogP contribution is -1.94. The molecule has 0 unspecified atom stereocenters. The predicted molar refractivity (Wildman–Crippen MR) is 81.6 cm³/mol. The van der Waals surface area contributed by atoms with Gasteiger partial charge in [0.05, 0.1) is 9.85 Å². The second kappa shape index (κ2) is 6.06. The van der Waals surface area contributed by atoms with Crippen molar-refractivity contribution in [2.75, 3.05) is 0 Å². The molecule has 6 nitrogen and oxygen atoms in total. The fourth-order valence-corrected chi connectivity index (χ4v) is 1.93. The monoisotopic (exact) mass is 296 g/mol. The van der Waals surface area contributed by atoms with Crippen molar-refractivity contribution in [3.8, 4) is 11.8 Å². The number of aryl methyl sites for hydroxylation is 2. The second-order valence-electron chi connectivity index (χ2n) is 4.81. The average Bonchev–Trinajstić information content (AvgIpc) is 2.46. The zero-order chi connectivity index (χ0) is 16.3. The summed E-state index contributed by atoms with van der Waals surface area (Å²) in [5.41, 5.74) is 1.73. The highest BCUT2D eigenvalue weighted by molar-refractivity contribution is 5.58. The van der Waals surface area contributed by atoms with Crippen LogP contribution in [0.25, 0.3) is 0 Å². The molecule has 0 aliphatic carbocycles. The third-order valence-electron chi connectivity index (χ3n) is 3.03. The van der Waals surface area contributed by atoms with E-state index in [0.717, 1.165) is 11.1 Å². The molecule has 0 amide bonds. The molecule has 110 valence electrons. The zero-order valence-electron chi connectivity index (χ0n) is 12.0. The van der Waals surface area contributed by atoms with Crippen molar-refractivity contribution >= 4 is 11.4 Å². The van der Waals surface area contributed by atoms with E-state index in [4.69, 9.17) is 0 Å². The van der Waals surface area contributed by atoms with E-state index in [1.165, 1.54) is 12.1 Å². The molecule has 0 aliphatic rings. The van der Waals surface area contributed by atoms with Crippen molar-refractivity contribution < 1.29 is 9.85 Å². The van der Waals surface area contributed by atoms with Crippen molar-refractivity contribution in [3.05, 3.63) is 78.9 Å². The van der Waals surface area contributed by atoms with Crippen molar-refractivity contribution in [1.82, 2.24) is 0 Å². The summed E-state index contributed by atoms with van der Waals surface area (Å²) in [7, 11) is 0. The summed E-state index contributed by atoms with van der Waals surface area (Å²) >= 11 is 0. The average molecular weight is 296 g/mol. The summed E-state index contributed by atoms with van der Waals surface area (Å²) < 4.78 is 0. The maximum absolute atomic E-state index is 11.0. The molecule has 22 heavy (non-hydrogen) atoms. The first kappa shape index (κ1) is 15.2. The van der Waals surface area contributed by atoms with Crippen LogP contribution >= 0.6 is 0 Å². The fourth-order valence-electron chi connectivity index (χ4n) is 1.93. The largest absolute Gasteiger partial charge is 0.285 e. The van der Waals surface area contributed by atoms with Gasteiger partial charge in [0.2, 0.25) is 0 Å². The van der Waals surface area contributed by atoms with Gasteiger partial charge in [-0.2, -0.15) is 0 Å². The first-order valence-electron chi connectivity index (χ1n) is 6.40. The van der Waals surface area contributed by atoms with Crippen LogP contribution in [0.3, 0.4) is 0 Å². The highest BCUT2D eigenvalue weighted by Crippen LogP contribution is 2.21. The van der Waals surface area contributed by atoms with E-state index in [9.17, 15) is 20.2 Å². The summed E-state index contributed by atoms with van der Waals surface area (Å²) in [5.74, 6) is 5.31. The van der Waals surface area contributed by atoms with Gasteiger partial charge in [-0.05, 0) is 37.1 Å². The van der Waals surface area contributed by atoms with E-state index in [2.05, 4.69) is 11.8 Å². The Morgan fingerprint density at radius 3 is 1.45 bits per heavy atom. The molecule has 0 saturated heterocycles. The molecule has 2 aromatic rings. The Hall–Kier alpha value is -3.20. The van der Waals surface area contributed by atoms with Crippen molar-refractivity contribution in [2.45, 2.75) is 13.8 Å². The molecule has 0 radical (unpaired) electrons. The van der Waals surface area contributed by atoms with Crippen LogP contribution in [0, 0.1) is 45.9 Å². The minimum absolute atomic E-state index is 0.109.